The minimum absolute atomic E-state index is 0.00198. The van der Waals surface area contributed by atoms with E-state index in [-0.39, 0.29) is 30.9 Å². The Hall–Kier alpha value is -2.93. The van der Waals surface area contributed by atoms with E-state index in [0.29, 0.717) is 19.7 Å². The Morgan fingerprint density at radius 1 is 1.15 bits per heavy atom. The average Bonchev–Trinajstić information content (AvgIpc) is 2.72. The van der Waals surface area contributed by atoms with Crippen LogP contribution in [0.25, 0.3) is 0 Å². The molecule has 0 saturated carbocycles. The summed E-state index contributed by atoms with van der Waals surface area (Å²) in [5.74, 6) is -1.22. The van der Waals surface area contributed by atoms with Gasteiger partial charge in [-0.3, -0.25) is 9.59 Å². The van der Waals surface area contributed by atoms with Crippen molar-refractivity contribution < 1.29 is 23.5 Å². The molecule has 3 rings (SSSR count). The minimum Gasteiger partial charge on any atom is -0.481 e. The van der Waals surface area contributed by atoms with Crippen molar-refractivity contribution in [3.8, 4) is 5.75 Å². The van der Waals surface area contributed by atoms with Gasteiger partial charge in [-0.15, -0.1) is 0 Å². The van der Waals surface area contributed by atoms with Crippen molar-refractivity contribution in [2.45, 2.75) is 6.10 Å². The molecule has 6 nitrogen and oxygen atoms in total. The van der Waals surface area contributed by atoms with Crippen LogP contribution in [0, 0.1) is 5.82 Å². The maximum absolute atomic E-state index is 13.4. The van der Waals surface area contributed by atoms with E-state index in [1.807, 2.05) is 30.3 Å². The minimum atomic E-state index is -0.540. The number of carbonyl (C=O) groups excluding carboxylic acids is 2. The number of nitrogens with zero attached hydrogens (tertiary/aromatic N) is 1. The van der Waals surface area contributed by atoms with Crippen LogP contribution in [-0.4, -0.2) is 49.6 Å². The van der Waals surface area contributed by atoms with Gasteiger partial charge in [-0.05, 0) is 17.7 Å². The Morgan fingerprint density at radius 3 is 2.67 bits per heavy atom. The number of hydrogen-bond acceptors (Lipinski definition) is 4. The quantitative estimate of drug-likeness (QED) is 0.841. The number of halogens is 1. The number of para-hydroxylation sites is 1. The Kier molecular flexibility index (Phi) is 6.38. The molecule has 1 saturated heterocycles. The van der Waals surface area contributed by atoms with E-state index in [0.717, 1.165) is 5.56 Å². The van der Waals surface area contributed by atoms with Crippen LogP contribution in [0.15, 0.2) is 54.6 Å². The van der Waals surface area contributed by atoms with E-state index in [1.54, 1.807) is 11.0 Å². The molecular weight excluding hydrogens is 351 g/mol. The van der Waals surface area contributed by atoms with Crippen LogP contribution in [-0.2, 0) is 14.3 Å². The summed E-state index contributed by atoms with van der Waals surface area (Å²) in [4.78, 5) is 25.9. The number of benzene rings is 2. The highest BCUT2D eigenvalue weighted by molar-refractivity contribution is 5.85. The molecule has 2 amide bonds. The molecule has 1 atom stereocenters. The molecule has 0 aromatic heterocycles. The van der Waals surface area contributed by atoms with Gasteiger partial charge in [0.1, 0.15) is 6.10 Å². The number of rotatable bonds is 6. The lowest BCUT2D eigenvalue weighted by Crippen LogP contribution is -2.47. The first-order chi connectivity index (χ1) is 13.1. The molecule has 27 heavy (non-hydrogen) atoms. The zero-order chi connectivity index (χ0) is 19.1. The van der Waals surface area contributed by atoms with Gasteiger partial charge in [-0.25, -0.2) is 4.39 Å². The number of morpholine rings is 1. The molecule has 7 heteroatoms. The number of hydrogen-bond donors (Lipinski definition) is 1. The van der Waals surface area contributed by atoms with Crippen molar-refractivity contribution in [2.24, 2.45) is 0 Å². The monoisotopic (exact) mass is 372 g/mol. The molecule has 0 aliphatic carbocycles. The Morgan fingerprint density at radius 2 is 1.89 bits per heavy atom. The van der Waals surface area contributed by atoms with Crippen LogP contribution in [0.4, 0.5) is 4.39 Å². The van der Waals surface area contributed by atoms with Crippen molar-refractivity contribution in [1.82, 2.24) is 10.2 Å². The van der Waals surface area contributed by atoms with Gasteiger partial charge >= 0.3 is 0 Å². The molecular formula is C20H21FN2O4. The van der Waals surface area contributed by atoms with Gasteiger partial charge < -0.3 is 19.7 Å². The second kappa shape index (κ2) is 9.14. The van der Waals surface area contributed by atoms with Gasteiger partial charge in [0.05, 0.1) is 19.7 Å². The summed E-state index contributed by atoms with van der Waals surface area (Å²) in [6.45, 7) is 0.856. The topological polar surface area (TPSA) is 67.9 Å². The largest absolute Gasteiger partial charge is 0.481 e. The van der Waals surface area contributed by atoms with Crippen LogP contribution in [0.3, 0.4) is 0 Å². The maximum Gasteiger partial charge on any atom is 0.258 e. The van der Waals surface area contributed by atoms with Crippen molar-refractivity contribution in [1.29, 1.82) is 0 Å². The molecule has 1 N–H and O–H groups in total. The van der Waals surface area contributed by atoms with Crippen molar-refractivity contribution >= 4 is 11.8 Å². The lowest BCUT2D eigenvalue weighted by Gasteiger charge is -2.33. The Labute approximate surface area is 156 Å². The van der Waals surface area contributed by atoms with E-state index in [9.17, 15) is 14.0 Å². The third kappa shape index (κ3) is 5.27. The molecule has 2 aromatic rings. The molecule has 0 spiro atoms. The normalized spacial score (nSPS) is 16.6. The molecule has 1 aliphatic heterocycles. The molecule has 1 unspecified atom stereocenters. The van der Waals surface area contributed by atoms with Crippen molar-refractivity contribution in [2.75, 3.05) is 32.8 Å². The van der Waals surface area contributed by atoms with Gasteiger partial charge in [0.2, 0.25) is 5.91 Å². The van der Waals surface area contributed by atoms with E-state index in [4.69, 9.17) is 9.47 Å². The summed E-state index contributed by atoms with van der Waals surface area (Å²) in [6.07, 6.45) is -0.177. The summed E-state index contributed by atoms with van der Waals surface area (Å²) >= 11 is 0. The van der Waals surface area contributed by atoms with Gasteiger partial charge in [0.25, 0.3) is 5.91 Å². The van der Waals surface area contributed by atoms with E-state index < -0.39 is 11.7 Å². The van der Waals surface area contributed by atoms with E-state index in [2.05, 4.69) is 5.32 Å². The second-order valence-electron chi connectivity index (χ2n) is 6.11. The highest BCUT2D eigenvalue weighted by Crippen LogP contribution is 2.21. The van der Waals surface area contributed by atoms with Gasteiger partial charge in [0.15, 0.2) is 18.2 Å². The SMILES string of the molecule is O=C(COc1ccccc1F)NCC(=O)N1CCOC(c2ccccc2)C1. The van der Waals surface area contributed by atoms with Crippen molar-refractivity contribution in [3.63, 3.8) is 0 Å². The number of carbonyl (C=O) groups is 2. The summed E-state index contributed by atoms with van der Waals surface area (Å²) in [5, 5.41) is 2.51. The van der Waals surface area contributed by atoms with E-state index >= 15 is 0 Å². The predicted molar refractivity (Wildman–Crippen MR) is 96.6 cm³/mol. The summed E-state index contributed by atoms with van der Waals surface area (Å²) < 4.78 is 24.3. The third-order valence-electron chi connectivity index (χ3n) is 4.22. The van der Waals surface area contributed by atoms with Crippen LogP contribution >= 0.6 is 0 Å². The third-order valence-corrected chi connectivity index (χ3v) is 4.22. The average molecular weight is 372 g/mol. The van der Waals surface area contributed by atoms with Gasteiger partial charge in [-0.2, -0.15) is 0 Å². The molecule has 0 radical (unpaired) electrons. The summed E-state index contributed by atoms with van der Waals surface area (Å²) in [5.41, 5.74) is 1.01. The fourth-order valence-corrected chi connectivity index (χ4v) is 2.79. The summed E-state index contributed by atoms with van der Waals surface area (Å²) in [7, 11) is 0. The smallest absolute Gasteiger partial charge is 0.258 e. The number of ether oxygens (including phenoxy) is 2. The maximum atomic E-state index is 13.4. The number of amides is 2. The fraction of sp³-hybridized carbons (Fsp3) is 0.300. The highest BCUT2D eigenvalue weighted by atomic mass is 19.1. The Balaban J connectivity index is 1.44. The highest BCUT2D eigenvalue weighted by Gasteiger charge is 2.25. The zero-order valence-corrected chi connectivity index (χ0v) is 14.8. The zero-order valence-electron chi connectivity index (χ0n) is 14.8. The molecule has 2 aromatic carbocycles. The number of nitrogens with one attached hydrogen (secondary N) is 1. The van der Waals surface area contributed by atoms with E-state index in [1.165, 1.54) is 18.2 Å². The first-order valence-corrected chi connectivity index (χ1v) is 8.72. The molecule has 142 valence electrons. The second-order valence-corrected chi connectivity index (χ2v) is 6.11. The standard InChI is InChI=1S/C20H21FN2O4/c21-16-8-4-5-9-17(16)27-14-19(24)22-12-20(25)23-10-11-26-18(13-23)15-6-2-1-3-7-15/h1-9,18H,10-14H2,(H,22,24). The van der Waals surface area contributed by atoms with Crippen LogP contribution in [0.2, 0.25) is 0 Å². The first kappa shape index (κ1) is 18.8. The molecule has 1 fully saturated rings. The van der Waals surface area contributed by atoms with Crippen LogP contribution < -0.4 is 10.1 Å². The fourth-order valence-electron chi connectivity index (χ4n) is 2.79. The predicted octanol–water partition coefficient (Wildman–Crippen LogP) is 1.92. The van der Waals surface area contributed by atoms with Crippen LogP contribution in [0.1, 0.15) is 11.7 Å². The van der Waals surface area contributed by atoms with Gasteiger partial charge in [-0.1, -0.05) is 42.5 Å². The summed E-state index contributed by atoms with van der Waals surface area (Å²) in [6, 6.07) is 15.5. The van der Waals surface area contributed by atoms with Crippen molar-refractivity contribution in [3.05, 3.63) is 66.0 Å². The molecule has 0 bridgehead atoms. The molecule has 1 heterocycles. The Bertz CT molecular complexity index is 785. The van der Waals surface area contributed by atoms with Gasteiger partial charge in [0, 0.05) is 6.54 Å². The lowest BCUT2D eigenvalue weighted by molar-refractivity contribution is -0.139. The lowest BCUT2D eigenvalue weighted by atomic mass is 10.1. The first-order valence-electron chi connectivity index (χ1n) is 8.72. The molecule has 1 aliphatic rings. The van der Waals surface area contributed by atoms with Crippen LogP contribution in [0.5, 0.6) is 5.75 Å².